The van der Waals surface area contributed by atoms with Crippen molar-refractivity contribution in [1.82, 2.24) is 20.1 Å². The predicted molar refractivity (Wildman–Crippen MR) is 119 cm³/mol. The number of methoxy groups -OCH3 is 2. The molecule has 1 saturated heterocycles. The highest BCUT2D eigenvalue weighted by Crippen LogP contribution is 2.29. The summed E-state index contributed by atoms with van der Waals surface area (Å²) in [6.45, 7) is 2.58. The smallest absolute Gasteiger partial charge is 0.224 e. The fourth-order valence-electron chi connectivity index (χ4n) is 4.10. The first-order chi connectivity index (χ1) is 15.2. The summed E-state index contributed by atoms with van der Waals surface area (Å²) in [4.78, 5) is 19.1. The highest BCUT2D eigenvalue weighted by atomic mass is 16.5. The van der Waals surface area contributed by atoms with Crippen molar-refractivity contribution in [1.29, 1.82) is 0 Å². The van der Waals surface area contributed by atoms with E-state index in [9.17, 15) is 4.79 Å². The second-order valence-corrected chi connectivity index (χ2v) is 7.79. The highest BCUT2D eigenvalue weighted by molar-refractivity contribution is 5.87. The molecule has 31 heavy (non-hydrogen) atoms. The Labute approximate surface area is 181 Å². The molecule has 3 aromatic rings. The fourth-order valence-corrected chi connectivity index (χ4v) is 4.10. The van der Waals surface area contributed by atoms with Crippen LogP contribution in [0.1, 0.15) is 36.4 Å². The lowest BCUT2D eigenvalue weighted by atomic mass is 9.94. The quantitative estimate of drug-likeness (QED) is 0.577. The van der Waals surface area contributed by atoms with Crippen LogP contribution < -0.4 is 10.1 Å². The number of nitrogens with zero attached hydrogens (tertiary/aromatic N) is 3. The minimum absolute atomic E-state index is 0.150. The molecule has 8 nitrogen and oxygen atoms in total. The Balaban J connectivity index is 1.45. The van der Waals surface area contributed by atoms with Gasteiger partial charge in [0.25, 0.3) is 0 Å². The molecule has 1 atom stereocenters. The van der Waals surface area contributed by atoms with Gasteiger partial charge < -0.3 is 19.7 Å². The van der Waals surface area contributed by atoms with E-state index < -0.39 is 0 Å². The number of hydrogen-bond donors (Lipinski definition) is 2. The number of carbonyl (C=O) groups is 1. The molecule has 2 N–H and O–H groups in total. The van der Waals surface area contributed by atoms with Crippen molar-refractivity contribution < 1.29 is 14.3 Å². The summed E-state index contributed by atoms with van der Waals surface area (Å²) in [6.07, 6.45) is 2.44. The third kappa shape index (κ3) is 4.80. The molecule has 2 aromatic heterocycles. The van der Waals surface area contributed by atoms with E-state index in [0.717, 1.165) is 53.2 Å². The van der Waals surface area contributed by atoms with Gasteiger partial charge in [-0.15, -0.1) is 0 Å². The molecule has 3 heterocycles. The molecule has 0 unspecified atom stereocenters. The number of pyridine rings is 1. The van der Waals surface area contributed by atoms with Gasteiger partial charge in [-0.05, 0) is 31.0 Å². The number of piperidine rings is 1. The number of aromatic amines is 1. The topological polar surface area (TPSA) is 92.4 Å². The van der Waals surface area contributed by atoms with Crippen molar-refractivity contribution in [2.45, 2.75) is 31.7 Å². The Bertz CT molecular complexity index is 1030. The summed E-state index contributed by atoms with van der Waals surface area (Å²) in [7, 11) is 3.29. The van der Waals surface area contributed by atoms with E-state index in [4.69, 9.17) is 14.5 Å². The molecule has 0 bridgehead atoms. The van der Waals surface area contributed by atoms with Crippen LogP contribution in [-0.4, -0.2) is 59.9 Å². The van der Waals surface area contributed by atoms with Crippen LogP contribution in [0.4, 0.5) is 5.82 Å². The number of benzene rings is 1. The maximum atomic E-state index is 12.4. The molecule has 1 fully saturated rings. The van der Waals surface area contributed by atoms with Gasteiger partial charge in [0.1, 0.15) is 5.75 Å². The monoisotopic (exact) mass is 423 g/mol. The first kappa shape index (κ1) is 21.1. The van der Waals surface area contributed by atoms with Crippen molar-refractivity contribution in [2.24, 2.45) is 0 Å². The lowest BCUT2D eigenvalue weighted by molar-refractivity contribution is -0.133. The lowest BCUT2D eigenvalue weighted by Gasteiger charge is -2.32. The highest BCUT2D eigenvalue weighted by Gasteiger charge is 2.25. The number of para-hydroxylation sites is 1. The van der Waals surface area contributed by atoms with Gasteiger partial charge in [0.05, 0.1) is 25.5 Å². The van der Waals surface area contributed by atoms with E-state index in [1.54, 1.807) is 14.2 Å². The fraction of sp³-hybridized carbons (Fsp3) is 0.435. The number of rotatable bonds is 8. The van der Waals surface area contributed by atoms with Gasteiger partial charge >= 0.3 is 0 Å². The van der Waals surface area contributed by atoms with Gasteiger partial charge in [-0.25, -0.2) is 4.98 Å². The normalized spacial score (nSPS) is 16.5. The van der Waals surface area contributed by atoms with Gasteiger partial charge in [0, 0.05) is 43.9 Å². The van der Waals surface area contributed by atoms with Gasteiger partial charge in [-0.1, -0.05) is 18.2 Å². The average molecular weight is 424 g/mol. The molecule has 0 aliphatic carbocycles. The summed E-state index contributed by atoms with van der Waals surface area (Å²) in [5, 5.41) is 11.8. The Morgan fingerprint density at radius 2 is 2.13 bits per heavy atom. The van der Waals surface area contributed by atoms with E-state index in [1.165, 1.54) is 0 Å². The van der Waals surface area contributed by atoms with Crippen LogP contribution in [0.3, 0.4) is 0 Å². The SMILES string of the molecule is COCCC(=O)N1CCC[C@@H](c2ccc3c(NCc4ccccc4OC)n[nH]c3n2)C1. The van der Waals surface area contributed by atoms with Gasteiger partial charge in [0.2, 0.25) is 5.91 Å². The molecule has 0 spiro atoms. The van der Waals surface area contributed by atoms with Crippen LogP contribution in [0.5, 0.6) is 5.75 Å². The second kappa shape index (κ2) is 9.78. The molecular formula is C23H29N5O3. The van der Waals surface area contributed by atoms with Crippen LogP contribution in [0, 0.1) is 0 Å². The molecule has 1 aliphatic rings. The zero-order chi connectivity index (χ0) is 21.6. The molecule has 1 aliphatic heterocycles. The van der Waals surface area contributed by atoms with Crippen LogP contribution in [0.2, 0.25) is 0 Å². The standard InChI is InChI=1S/C23H29N5O3/c1-30-13-11-21(29)28-12-5-7-17(15-28)19-10-9-18-22(26-27-23(18)25-19)24-14-16-6-3-4-8-20(16)31-2/h3-4,6,8-10,17H,5,7,11-15H2,1-2H3,(H2,24,25,26,27)/t17-/m1/s1. The summed E-state index contributed by atoms with van der Waals surface area (Å²) < 4.78 is 10.5. The molecule has 4 rings (SSSR count). The molecule has 0 radical (unpaired) electrons. The maximum Gasteiger partial charge on any atom is 0.224 e. The predicted octanol–water partition coefficient (Wildman–Crippen LogP) is 3.32. The number of likely N-dealkylation sites (tertiary alicyclic amines) is 1. The zero-order valence-electron chi connectivity index (χ0n) is 18.1. The Hall–Kier alpha value is -3.13. The summed E-state index contributed by atoms with van der Waals surface area (Å²) in [5.74, 6) is 1.99. The molecular weight excluding hydrogens is 394 g/mol. The third-order valence-electron chi connectivity index (χ3n) is 5.80. The summed E-state index contributed by atoms with van der Waals surface area (Å²) >= 11 is 0. The van der Waals surface area contributed by atoms with Crippen molar-refractivity contribution in [3.05, 3.63) is 47.7 Å². The van der Waals surface area contributed by atoms with Crippen LogP contribution in [0.15, 0.2) is 36.4 Å². The number of carbonyl (C=O) groups excluding carboxylic acids is 1. The Morgan fingerprint density at radius 1 is 1.26 bits per heavy atom. The van der Waals surface area contributed by atoms with Crippen LogP contribution in [-0.2, 0) is 16.1 Å². The largest absolute Gasteiger partial charge is 0.496 e. The number of fused-ring (bicyclic) bond motifs is 1. The van der Waals surface area contributed by atoms with Gasteiger partial charge in [0.15, 0.2) is 11.5 Å². The van der Waals surface area contributed by atoms with Gasteiger partial charge in [-0.2, -0.15) is 5.10 Å². The Kier molecular flexibility index (Phi) is 6.66. The molecule has 8 heteroatoms. The van der Waals surface area contributed by atoms with E-state index in [0.29, 0.717) is 26.1 Å². The maximum absolute atomic E-state index is 12.4. The Morgan fingerprint density at radius 3 is 2.97 bits per heavy atom. The number of H-pyrrole nitrogens is 1. The molecule has 1 aromatic carbocycles. The van der Waals surface area contributed by atoms with E-state index in [2.05, 4.69) is 27.6 Å². The van der Waals surface area contributed by atoms with Crippen LogP contribution >= 0.6 is 0 Å². The number of aromatic nitrogens is 3. The molecule has 1 amide bonds. The average Bonchev–Trinajstić information content (AvgIpc) is 3.23. The number of hydrogen-bond acceptors (Lipinski definition) is 6. The lowest BCUT2D eigenvalue weighted by Crippen LogP contribution is -2.39. The molecule has 164 valence electrons. The van der Waals surface area contributed by atoms with E-state index in [1.807, 2.05) is 29.2 Å². The number of nitrogens with one attached hydrogen (secondary N) is 2. The minimum atomic E-state index is 0.150. The zero-order valence-corrected chi connectivity index (χ0v) is 18.1. The number of amides is 1. The van der Waals surface area contributed by atoms with Crippen molar-refractivity contribution in [2.75, 3.05) is 39.2 Å². The second-order valence-electron chi connectivity index (χ2n) is 7.79. The van der Waals surface area contributed by atoms with E-state index >= 15 is 0 Å². The minimum Gasteiger partial charge on any atom is -0.496 e. The molecule has 0 saturated carbocycles. The summed E-state index contributed by atoms with van der Waals surface area (Å²) in [5.41, 5.74) is 2.81. The van der Waals surface area contributed by atoms with Gasteiger partial charge in [-0.3, -0.25) is 9.89 Å². The van der Waals surface area contributed by atoms with E-state index in [-0.39, 0.29) is 11.8 Å². The van der Waals surface area contributed by atoms with Crippen molar-refractivity contribution in [3.63, 3.8) is 0 Å². The first-order valence-corrected chi connectivity index (χ1v) is 10.7. The first-order valence-electron chi connectivity index (χ1n) is 10.7. The van der Waals surface area contributed by atoms with Crippen molar-refractivity contribution >= 4 is 22.8 Å². The van der Waals surface area contributed by atoms with Crippen molar-refractivity contribution in [3.8, 4) is 5.75 Å². The summed E-state index contributed by atoms with van der Waals surface area (Å²) in [6, 6.07) is 12.0. The number of anilines is 1. The van der Waals surface area contributed by atoms with Crippen LogP contribution in [0.25, 0.3) is 11.0 Å². The third-order valence-corrected chi connectivity index (χ3v) is 5.80. The number of ether oxygens (including phenoxy) is 2.